The number of anilines is 1. The zero-order chi connectivity index (χ0) is 14.3. The molecule has 1 aromatic carbocycles. The average molecular weight is 263 g/mol. The Morgan fingerprint density at radius 1 is 1.21 bits per heavy atom. The minimum absolute atomic E-state index is 0.727. The van der Waals surface area contributed by atoms with Crippen LogP contribution in [-0.4, -0.2) is 20.2 Å². The van der Waals surface area contributed by atoms with Crippen molar-refractivity contribution in [1.82, 2.24) is 0 Å². The standard InChI is InChI=1S/C16H25NO2/c1-6-10-17(11-7-2)14-8-9-15(13(3)4)16(12-14)19-18-5/h8-9,12H,3,6-7,10-11H2,1-2,4-5H3. The Labute approximate surface area is 116 Å². The number of hydrogen-bond acceptors (Lipinski definition) is 3. The minimum Gasteiger partial charge on any atom is -0.371 e. The van der Waals surface area contributed by atoms with Gasteiger partial charge in [-0.3, -0.25) is 0 Å². The molecule has 0 N–H and O–H groups in total. The van der Waals surface area contributed by atoms with Gasteiger partial charge >= 0.3 is 0 Å². The second-order valence-electron chi connectivity index (χ2n) is 4.70. The van der Waals surface area contributed by atoms with E-state index in [1.54, 1.807) is 0 Å². The molecule has 0 bridgehead atoms. The molecule has 106 valence electrons. The van der Waals surface area contributed by atoms with Crippen LogP contribution < -0.4 is 9.79 Å². The predicted molar refractivity (Wildman–Crippen MR) is 81.6 cm³/mol. The van der Waals surface area contributed by atoms with E-state index in [4.69, 9.17) is 9.78 Å². The lowest BCUT2D eigenvalue weighted by Crippen LogP contribution is -2.24. The first kappa shape index (κ1) is 15.6. The fourth-order valence-electron chi connectivity index (χ4n) is 2.13. The molecule has 1 rings (SSSR count). The van der Waals surface area contributed by atoms with Gasteiger partial charge in [0.05, 0.1) is 7.11 Å². The van der Waals surface area contributed by atoms with Crippen molar-refractivity contribution in [3.63, 3.8) is 0 Å². The number of hydrogen-bond donors (Lipinski definition) is 0. The van der Waals surface area contributed by atoms with Gasteiger partial charge in [0.2, 0.25) is 0 Å². The maximum atomic E-state index is 5.26. The molecular formula is C16H25NO2. The van der Waals surface area contributed by atoms with Crippen molar-refractivity contribution in [1.29, 1.82) is 0 Å². The Kier molecular flexibility index (Phi) is 6.43. The summed E-state index contributed by atoms with van der Waals surface area (Å²) in [5.74, 6) is 0.727. The Hall–Kier alpha value is -1.48. The Morgan fingerprint density at radius 3 is 2.32 bits per heavy atom. The molecule has 0 aliphatic heterocycles. The van der Waals surface area contributed by atoms with Crippen LogP contribution in [0.25, 0.3) is 5.57 Å². The first-order chi connectivity index (χ1) is 9.13. The van der Waals surface area contributed by atoms with Crippen molar-refractivity contribution in [2.45, 2.75) is 33.6 Å². The molecule has 0 atom stereocenters. The molecular weight excluding hydrogens is 238 g/mol. The number of benzene rings is 1. The molecule has 0 heterocycles. The first-order valence-electron chi connectivity index (χ1n) is 6.89. The van der Waals surface area contributed by atoms with Gasteiger partial charge in [0.25, 0.3) is 0 Å². The quantitative estimate of drug-likeness (QED) is 0.516. The highest BCUT2D eigenvalue weighted by Gasteiger charge is 2.11. The summed E-state index contributed by atoms with van der Waals surface area (Å²) in [6, 6.07) is 6.20. The van der Waals surface area contributed by atoms with Crippen LogP contribution in [0.1, 0.15) is 39.2 Å². The highest BCUT2D eigenvalue weighted by molar-refractivity contribution is 5.70. The summed E-state index contributed by atoms with van der Waals surface area (Å²) >= 11 is 0. The SMILES string of the molecule is C=C(C)c1ccc(N(CCC)CCC)cc1OOC. The molecule has 0 saturated carbocycles. The topological polar surface area (TPSA) is 21.7 Å². The highest BCUT2D eigenvalue weighted by atomic mass is 17.2. The molecule has 1 aromatic rings. The van der Waals surface area contributed by atoms with Crippen LogP contribution >= 0.6 is 0 Å². The monoisotopic (exact) mass is 263 g/mol. The smallest absolute Gasteiger partial charge is 0.174 e. The molecule has 0 spiro atoms. The largest absolute Gasteiger partial charge is 0.371 e. The van der Waals surface area contributed by atoms with E-state index >= 15 is 0 Å². The van der Waals surface area contributed by atoms with Gasteiger partial charge in [-0.05, 0) is 37.5 Å². The Balaban J connectivity index is 3.07. The van der Waals surface area contributed by atoms with Crippen LogP contribution in [0, 0.1) is 0 Å². The van der Waals surface area contributed by atoms with Crippen molar-refractivity contribution in [2.75, 3.05) is 25.1 Å². The summed E-state index contributed by atoms with van der Waals surface area (Å²) < 4.78 is 0. The normalized spacial score (nSPS) is 10.3. The third-order valence-electron chi connectivity index (χ3n) is 2.95. The number of rotatable bonds is 8. The maximum Gasteiger partial charge on any atom is 0.174 e. The third kappa shape index (κ3) is 4.28. The summed E-state index contributed by atoms with van der Waals surface area (Å²) in [7, 11) is 1.52. The lowest BCUT2D eigenvalue weighted by atomic mass is 10.1. The van der Waals surface area contributed by atoms with Gasteiger partial charge in [-0.25, -0.2) is 0 Å². The van der Waals surface area contributed by atoms with E-state index in [1.165, 1.54) is 12.8 Å². The number of allylic oxidation sites excluding steroid dienone is 1. The van der Waals surface area contributed by atoms with Crippen LogP contribution in [0.4, 0.5) is 5.69 Å². The van der Waals surface area contributed by atoms with Crippen LogP contribution in [0.2, 0.25) is 0 Å². The molecule has 0 fully saturated rings. The van der Waals surface area contributed by atoms with Crippen LogP contribution in [0.3, 0.4) is 0 Å². The first-order valence-corrected chi connectivity index (χ1v) is 6.89. The molecule has 0 aliphatic carbocycles. The minimum atomic E-state index is 0.727. The highest BCUT2D eigenvalue weighted by Crippen LogP contribution is 2.30. The molecule has 19 heavy (non-hydrogen) atoms. The second kappa shape index (κ2) is 7.85. The van der Waals surface area contributed by atoms with E-state index in [-0.39, 0.29) is 0 Å². The molecule has 0 saturated heterocycles. The number of nitrogens with zero attached hydrogens (tertiary/aromatic N) is 1. The molecule has 0 radical (unpaired) electrons. The molecule has 0 aromatic heterocycles. The summed E-state index contributed by atoms with van der Waals surface area (Å²) in [5.41, 5.74) is 3.12. The summed E-state index contributed by atoms with van der Waals surface area (Å²) in [5, 5.41) is 0. The van der Waals surface area contributed by atoms with E-state index in [9.17, 15) is 0 Å². The Morgan fingerprint density at radius 2 is 1.84 bits per heavy atom. The van der Waals surface area contributed by atoms with Crippen molar-refractivity contribution in [3.8, 4) is 5.75 Å². The van der Waals surface area contributed by atoms with Crippen molar-refractivity contribution in [2.24, 2.45) is 0 Å². The zero-order valence-electron chi connectivity index (χ0n) is 12.5. The second-order valence-corrected chi connectivity index (χ2v) is 4.70. The van der Waals surface area contributed by atoms with Gasteiger partial charge in [-0.2, -0.15) is 4.89 Å². The van der Waals surface area contributed by atoms with E-state index in [0.29, 0.717) is 0 Å². The van der Waals surface area contributed by atoms with E-state index in [0.717, 1.165) is 42.8 Å². The Bertz CT molecular complexity index is 409. The summed E-state index contributed by atoms with van der Waals surface area (Å²) in [6.45, 7) is 12.4. The van der Waals surface area contributed by atoms with Crippen LogP contribution in [0.5, 0.6) is 5.75 Å². The fourth-order valence-corrected chi connectivity index (χ4v) is 2.13. The van der Waals surface area contributed by atoms with Gasteiger partial charge in [-0.1, -0.05) is 20.4 Å². The van der Waals surface area contributed by atoms with Gasteiger partial charge in [0.15, 0.2) is 5.75 Å². The van der Waals surface area contributed by atoms with Gasteiger partial charge < -0.3 is 9.79 Å². The van der Waals surface area contributed by atoms with E-state index in [2.05, 4.69) is 31.4 Å². The average Bonchev–Trinajstić information content (AvgIpc) is 2.38. The lowest BCUT2D eigenvalue weighted by molar-refractivity contribution is -0.178. The van der Waals surface area contributed by atoms with E-state index < -0.39 is 0 Å². The molecule has 3 heteroatoms. The third-order valence-corrected chi connectivity index (χ3v) is 2.95. The lowest BCUT2D eigenvalue weighted by Gasteiger charge is -2.24. The molecule has 0 aliphatic rings. The van der Waals surface area contributed by atoms with Crippen molar-refractivity contribution in [3.05, 3.63) is 30.3 Å². The van der Waals surface area contributed by atoms with Crippen molar-refractivity contribution >= 4 is 11.3 Å². The van der Waals surface area contributed by atoms with Crippen LogP contribution in [0.15, 0.2) is 24.8 Å². The van der Waals surface area contributed by atoms with Gasteiger partial charge in [-0.15, -0.1) is 0 Å². The maximum absolute atomic E-state index is 5.26. The summed E-state index contributed by atoms with van der Waals surface area (Å²) in [6.07, 6.45) is 2.26. The van der Waals surface area contributed by atoms with Gasteiger partial charge in [0.1, 0.15) is 0 Å². The predicted octanol–water partition coefficient (Wildman–Crippen LogP) is 4.29. The fraction of sp³-hybridized carbons (Fsp3) is 0.500. The van der Waals surface area contributed by atoms with E-state index in [1.807, 2.05) is 19.1 Å². The molecule has 0 unspecified atom stereocenters. The van der Waals surface area contributed by atoms with Gasteiger partial charge in [0, 0.05) is 30.4 Å². The zero-order valence-corrected chi connectivity index (χ0v) is 12.5. The summed E-state index contributed by atoms with van der Waals surface area (Å²) in [4.78, 5) is 12.4. The molecule has 3 nitrogen and oxygen atoms in total. The molecule has 0 amide bonds. The van der Waals surface area contributed by atoms with Crippen LogP contribution in [-0.2, 0) is 4.89 Å². The van der Waals surface area contributed by atoms with Crippen molar-refractivity contribution < 1.29 is 9.78 Å².